The number of rotatable bonds is 8. The van der Waals surface area contributed by atoms with Gasteiger partial charge in [0.1, 0.15) is 5.75 Å². The molecule has 0 aliphatic rings. The second-order valence-corrected chi connectivity index (χ2v) is 7.99. The quantitative estimate of drug-likeness (QED) is 0.390. The van der Waals surface area contributed by atoms with Crippen LogP contribution in [0.2, 0.25) is 0 Å². The fourth-order valence-electron chi connectivity index (χ4n) is 2.88. The maximum Gasteiger partial charge on any atom is 0.237 e. The van der Waals surface area contributed by atoms with Crippen LogP contribution in [0.5, 0.6) is 5.75 Å². The molecule has 0 saturated heterocycles. The number of aromatic nitrogens is 6. The first-order valence-electron chi connectivity index (χ1n) is 9.57. The van der Waals surface area contributed by atoms with Gasteiger partial charge in [-0.05, 0) is 39.6 Å². The van der Waals surface area contributed by atoms with Gasteiger partial charge in [-0.2, -0.15) is 4.98 Å². The molecule has 2 aromatic carbocycles. The van der Waals surface area contributed by atoms with Crippen LogP contribution in [0.3, 0.4) is 0 Å². The highest BCUT2D eigenvalue weighted by molar-refractivity contribution is 7.98. The number of ether oxygens (including phenoxy) is 1. The first-order valence-corrected chi connectivity index (χ1v) is 10.6. The van der Waals surface area contributed by atoms with Gasteiger partial charge >= 0.3 is 0 Å². The van der Waals surface area contributed by atoms with Crippen LogP contribution in [-0.2, 0) is 12.3 Å². The molecule has 0 saturated carbocycles. The summed E-state index contributed by atoms with van der Waals surface area (Å²) in [4.78, 5) is 4.50. The van der Waals surface area contributed by atoms with Gasteiger partial charge in [0, 0.05) is 5.56 Å². The molecule has 154 valence electrons. The SMILES string of the molecule is COc1ccc(Cn2nnnc2SCc2nc(-c3ccc(C(C)C)cc3)no2)cc1. The number of hydrogen-bond donors (Lipinski definition) is 0. The van der Waals surface area contributed by atoms with Crippen molar-refractivity contribution in [2.45, 2.75) is 37.2 Å². The van der Waals surface area contributed by atoms with Crippen molar-refractivity contribution in [3.05, 3.63) is 65.5 Å². The number of thioether (sulfide) groups is 1. The van der Waals surface area contributed by atoms with Crippen molar-refractivity contribution >= 4 is 11.8 Å². The summed E-state index contributed by atoms with van der Waals surface area (Å²) in [7, 11) is 1.65. The Morgan fingerprint density at radius 3 is 2.53 bits per heavy atom. The minimum atomic E-state index is 0.486. The Balaban J connectivity index is 1.39. The standard InChI is InChI=1S/C21H22N6O2S/c1-14(2)16-6-8-17(9-7-16)20-22-19(29-24-20)13-30-21-23-25-26-27(21)12-15-4-10-18(28-3)11-5-15/h4-11,14H,12-13H2,1-3H3. The molecular formula is C21H22N6O2S. The molecule has 9 heteroatoms. The van der Waals surface area contributed by atoms with Crippen LogP contribution in [0.4, 0.5) is 0 Å². The van der Waals surface area contributed by atoms with E-state index < -0.39 is 0 Å². The Kier molecular flexibility index (Phi) is 6.08. The van der Waals surface area contributed by atoms with Gasteiger partial charge in [-0.1, -0.05) is 67.2 Å². The largest absolute Gasteiger partial charge is 0.497 e. The summed E-state index contributed by atoms with van der Waals surface area (Å²) in [5, 5.41) is 16.8. The van der Waals surface area contributed by atoms with Crippen molar-refractivity contribution in [3.8, 4) is 17.1 Å². The molecular weight excluding hydrogens is 400 g/mol. The highest BCUT2D eigenvalue weighted by Crippen LogP contribution is 2.24. The second-order valence-electron chi connectivity index (χ2n) is 7.04. The van der Waals surface area contributed by atoms with Gasteiger partial charge in [-0.25, -0.2) is 4.68 Å². The Morgan fingerprint density at radius 1 is 1.07 bits per heavy atom. The average molecular weight is 423 g/mol. The van der Waals surface area contributed by atoms with E-state index in [2.05, 4.69) is 51.6 Å². The molecule has 0 unspecified atom stereocenters. The van der Waals surface area contributed by atoms with Crippen LogP contribution < -0.4 is 4.74 Å². The van der Waals surface area contributed by atoms with Crippen molar-refractivity contribution in [2.75, 3.05) is 7.11 Å². The summed E-state index contributed by atoms with van der Waals surface area (Å²) < 4.78 is 12.3. The molecule has 0 fully saturated rings. The van der Waals surface area contributed by atoms with Crippen LogP contribution in [0.25, 0.3) is 11.4 Å². The van der Waals surface area contributed by atoms with Crippen LogP contribution in [0.1, 0.15) is 36.8 Å². The van der Waals surface area contributed by atoms with Gasteiger partial charge in [0.15, 0.2) is 0 Å². The predicted molar refractivity (Wildman–Crippen MR) is 113 cm³/mol. The summed E-state index contributed by atoms with van der Waals surface area (Å²) in [5.74, 6) is 2.90. The number of tetrazole rings is 1. The third kappa shape index (κ3) is 4.68. The zero-order chi connectivity index (χ0) is 20.9. The fourth-order valence-corrected chi connectivity index (χ4v) is 3.59. The van der Waals surface area contributed by atoms with Crippen molar-refractivity contribution in [2.24, 2.45) is 0 Å². The van der Waals surface area contributed by atoms with E-state index in [1.807, 2.05) is 36.4 Å². The highest BCUT2D eigenvalue weighted by atomic mass is 32.2. The number of nitrogens with zero attached hydrogens (tertiary/aromatic N) is 6. The highest BCUT2D eigenvalue weighted by Gasteiger charge is 2.13. The van der Waals surface area contributed by atoms with Crippen LogP contribution in [0, 0.1) is 0 Å². The lowest BCUT2D eigenvalue weighted by Crippen LogP contribution is -2.04. The number of benzene rings is 2. The van der Waals surface area contributed by atoms with Crippen LogP contribution >= 0.6 is 11.8 Å². The third-order valence-corrected chi connectivity index (χ3v) is 5.56. The Labute approximate surface area is 178 Å². The predicted octanol–water partition coefficient (Wildman–Crippen LogP) is 4.20. The van der Waals surface area contributed by atoms with E-state index in [4.69, 9.17) is 9.26 Å². The molecule has 0 atom stereocenters. The zero-order valence-corrected chi connectivity index (χ0v) is 17.8. The minimum absolute atomic E-state index is 0.486. The van der Waals surface area contributed by atoms with E-state index in [1.165, 1.54) is 17.3 Å². The summed E-state index contributed by atoms with van der Waals surface area (Å²) in [5.41, 5.74) is 3.29. The Hall–Kier alpha value is -3.20. The smallest absolute Gasteiger partial charge is 0.237 e. The van der Waals surface area contributed by atoms with E-state index in [9.17, 15) is 0 Å². The monoisotopic (exact) mass is 422 g/mol. The van der Waals surface area contributed by atoms with Crippen molar-refractivity contribution in [3.63, 3.8) is 0 Å². The molecule has 2 heterocycles. The summed E-state index contributed by atoms with van der Waals surface area (Å²) in [6.07, 6.45) is 0. The van der Waals surface area contributed by atoms with E-state index in [0.717, 1.165) is 16.9 Å². The molecule has 0 radical (unpaired) electrons. The Morgan fingerprint density at radius 2 is 1.83 bits per heavy atom. The first-order chi connectivity index (χ1) is 14.6. The first kappa shape index (κ1) is 20.1. The van der Waals surface area contributed by atoms with Gasteiger partial charge in [0.25, 0.3) is 0 Å². The van der Waals surface area contributed by atoms with Crippen molar-refractivity contribution < 1.29 is 9.26 Å². The lowest BCUT2D eigenvalue weighted by atomic mass is 10.0. The molecule has 4 aromatic rings. The third-order valence-electron chi connectivity index (χ3n) is 4.62. The van der Waals surface area contributed by atoms with E-state index >= 15 is 0 Å². The second kappa shape index (κ2) is 9.08. The summed E-state index contributed by atoms with van der Waals surface area (Å²) in [6, 6.07) is 16.0. The molecule has 0 aliphatic carbocycles. The lowest BCUT2D eigenvalue weighted by molar-refractivity contribution is 0.391. The molecule has 8 nitrogen and oxygen atoms in total. The molecule has 0 bridgehead atoms. The topological polar surface area (TPSA) is 91.8 Å². The molecule has 4 rings (SSSR count). The average Bonchev–Trinajstić information content (AvgIpc) is 3.42. The molecule has 0 N–H and O–H groups in total. The van der Waals surface area contributed by atoms with Gasteiger partial charge in [0.05, 0.1) is 19.4 Å². The summed E-state index contributed by atoms with van der Waals surface area (Å²) >= 11 is 1.45. The summed E-state index contributed by atoms with van der Waals surface area (Å²) in [6.45, 7) is 4.90. The van der Waals surface area contributed by atoms with Crippen molar-refractivity contribution in [1.29, 1.82) is 0 Å². The van der Waals surface area contributed by atoms with Gasteiger partial charge in [-0.3, -0.25) is 0 Å². The lowest BCUT2D eigenvalue weighted by Gasteiger charge is -2.05. The Bertz CT molecular complexity index is 1090. The van der Waals surface area contributed by atoms with E-state index in [1.54, 1.807) is 11.8 Å². The van der Waals surface area contributed by atoms with Gasteiger partial charge in [0.2, 0.25) is 16.9 Å². The fraction of sp³-hybridized carbons (Fsp3) is 0.286. The number of hydrogen-bond acceptors (Lipinski definition) is 8. The maximum atomic E-state index is 5.41. The minimum Gasteiger partial charge on any atom is -0.497 e. The van der Waals surface area contributed by atoms with Crippen LogP contribution in [0.15, 0.2) is 58.2 Å². The van der Waals surface area contributed by atoms with E-state index in [-0.39, 0.29) is 0 Å². The maximum absolute atomic E-state index is 5.41. The normalized spacial score (nSPS) is 11.2. The molecule has 2 aromatic heterocycles. The molecule has 0 aliphatic heterocycles. The number of methoxy groups -OCH3 is 1. The molecule has 0 amide bonds. The molecule has 30 heavy (non-hydrogen) atoms. The molecule has 0 spiro atoms. The van der Waals surface area contributed by atoms with Crippen LogP contribution in [-0.4, -0.2) is 37.5 Å². The van der Waals surface area contributed by atoms with E-state index in [0.29, 0.717) is 35.1 Å². The van der Waals surface area contributed by atoms with Gasteiger partial charge < -0.3 is 9.26 Å². The van der Waals surface area contributed by atoms with Crippen molar-refractivity contribution in [1.82, 2.24) is 30.3 Å². The zero-order valence-electron chi connectivity index (χ0n) is 17.0. The van der Waals surface area contributed by atoms with Gasteiger partial charge in [-0.15, -0.1) is 5.10 Å².